The van der Waals surface area contributed by atoms with E-state index in [1.165, 1.54) is 58.3 Å². The molecule has 29 heavy (non-hydrogen) atoms. The summed E-state index contributed by atoms with van der Waals surface area (Å²) in [4.78, 5) is 24.9. The van der Waals surface area contributed by atoms with Crippen LogP contribution in [0, 0.1) is 11.8 Å². The molecule has 1 aliphatic heterocycles. The van der Waals surface area contributed by atoms with E-state index in [1.807, 2.05) is 4.72 Å². The van der Waals surface area contributed by atoms with Gasteiger partial charge in [0, 0.05) is 25.3 Å². The Kier molecular flexibility index (Phi) is 6.92. The summed E-state index contributed by atoms with van der Waals surface area (Å²) >= 11 is 0. The normalized spacial score (nSPS) is 23.1. The molecule has 160 valence electrons. The second-order valence-electron chi connectivity index (χ2n) is 8.07. The highest BCUT2D eigenvalue weighted by molar-refractivity contribution is 7.87. The third-order valence-corrected chi connectivity index (χ3v) is 7.33. The van der Waals surface area contributed by atoms with E-state index in [1.54, 1.807) is 12.1 Å². The number of hydrogen-bond donors (Lipinski definition) is 3. The number of benzene rings is 1. The van der Waals surface area contributed by atoms with Gasteiger partial charge in [0.05, 0.1) is 6.04 Å². The van der Waals surface area contributed by atoms with Crippen LogP contribution in [-0.4, -0.2) is 51.2 Å². The lowest BCUT2D eigenvalue weighted by atomic mass is 9.76. The third kappa shape index (κ3) is 5.34. The summed E-state index contributed by atoms with van der Waals surface area (Å²) in [6.07, 6.45) is 7.24. The lowest BCUT2D eigenvalue weighted by Gasteiger charge is -2.30. The van der Waals surface area contributed by atoms with E-state index in [9.17, 15) is 18.0 Å². The first-order chi connectivity index (χ1) is 13.8. The number of anilines is 1. The zero-order valence-corrected chi connectivity index (χ0v) is 17.8. The molecular formula is C20H30N4O4S. The van der Waals surface area contributed by atoms with Crippen molar-refractivity contribution in [3.63, 3.8) is 0 Å². The number of carbonyl (C=O) groups is 2. The van der Waals surface area contributed by atoms with Crippen LogP contribution in [0.25, 0.3) is 0 Å². The molecule has 0 spiro atoms. The predicted octanol–water partition coefficient (Wildman–Crippen LogP) is 1.72. The van der Waals surface area contributed by atoms with Gasteiger partial charge in [-0.15, -0.1) is 0 Å². The average Bonchev–Trinajstić information content (AvgIpc) is 3.19. The Bertz CT molecular complexity index is 833. The molecule has 1 aliphatic carbocycles. The SMILES string of the molecule is CN(C)S(=O)(=O)NC(=O)c1ccc(NC(=O)[C@H]2NCCC2C2CCCCC2)cc1. The molecule has 3 N–H and O–H groups in total. The summed E-state index contributed by atoms with van der Waals surface area (Å²) in [5.74, 6) is 0.215. The van der Waals surface area contributed by atoms with Gasteiger partial charge in [0.1, 0.15) is 0 Å². The summed E-state index contributed by atoms with van der Waals surface area (Å²) in [5.41, 5.74) is 0.783. The molecule has 0 aromatic heterocycles. The van der Waals surface area contributed by atoms with Crippen LogP contribution in [0.4, 0.5) is 5.69 Å². The molecule has 2 aliphatic rings. The summed E-state index contributed by atoms with van der Waals surface area (Å²) < 4.78 is 26.4. The zero-order valence-electron chi connectivity index (χ0n) is 17.0. The molecule has 1 aromatic carbocycles. The van der Waals surface area contributed by atoms with E-state index in [0.717, 1.165) is 17.3 Å². The maximum Gasteiger partial charge on any atom is 0.303 e. The lowest BCUT2D eigenvalue weighted by molar-refractivity contribution is -0.119. The number of hydrogen-bond acceptors (Lipinski definition) is 5. The topological polar surface area (TPSA) is 108 Å². The van der Waals surface area contributed by atoms with Gasteiger partial charge in [-0.2, -0.15) is 12.7 Å². The predicted molar refractivity (Wildman–Crippen MR) is 112 cm³/mol. The maximum absolute atomic E-state index is 12.8. The number of carbonyl (C=O) groups excluding carboxylic acids is 2. The standard InChI is InChI=1S/C20H30N4O4S/c1-24(2)29(27,28)23-19(25)15-8-10-16(11-9-15)22-20(26)18-17(12-13-21-18)14-6-4-3-5-7-14/h8-11,14,17-18,21H,3-7,12-13H2,1-2H3,(H,22,26)(H,23,25)/t17?,18-/m0/s1. The summed E-state index contributed by atoms with van der Waals surface area (Å²) in [5, 5.41) is 6.27. The maximum atomic E-state index is 12.8. The van der Waals surface area contributed by atoms with Crippen molar-refractivity contribution in [2.45, 2.75) is 44.6 Å². The van der Waals surface area contributed by atoms with Gasteiger partial charge in [0.2, 0.25) is 5.91 Å². The van der Waals surface area contributed by atoms with Crippen molar-refractivity contribution in [3.8, 4) is 0 Å². The van der Waals surface area contributed by atoms with Crippen LogP contribution < -0.4 is 15.4 Å². The lowest BCUT2D eigenvalue weighted by Crippen LogP contribution is -2.42. The Morgan fingerprint density at radius 3 is 2.31 bits per heavy atom. The Balaban J connectivity index is 1.60. The van der Waals surface area contributed by atoms with Gasteiger partial charge in [-0.05, 0) is 49.1 Å². The highest BCUT2D eigenvalue weighted by Crippen LogP contribution is 2.36. The summed E-state index contributed by atoms with van der Waals surface area (Å²) in [6, 6.07) is 6.03. The molecule has 1 unspecified atom stereocenters. The largest absolute Gasteiger partial charge is 0.325 e. The molecule has 2 amide bonds. The first kappa shape index (κ1) is 21.7. The van der Waals surface area contributed by atoms with Crippen LogP contribution in [-0.2, 0) is 15.0 Å². The van der Waals surface area contributed by atoms with Gasteiger partial charge in [-0.3, -0.25) is 9.59 Å². The molecule has 8 nitrogen and oxygen atoms in total. The Labute approximate surface area is 172 Å². The minimum atomic E-state index is -3.85. The van der Waals surface area contributed by atoms with E-state index in [4.69, 9.17) is 0 Å². The first-order valence-corrected chi connectivity index (χ1v) is 11.6. The van der Waals surface area contributed by atoms with E-state index in [2.05, 4.69) is 10.6 Å². The second-order valence-corrected chi connectivity index (χ2v) is 9.95. The molecule has 1 heterocycles. The second kappa shape index (κ2) is 9.23. The van der Waals surface area contributed by atoms with Gasteiger partial charge in [-0.25, -0.2) is 4.72 Å². The van der Waals surface area contributed by atoms with Crippen LogP contribution in [0.5, 0.6) is 0 Å². The number of nitrogens with zero attached hydrogens (tertiary/aromatic N) is 1. The molecule has 0 radical (unpaired) electrons. The average molecular weight is 423 g/mol. The van der Waals surface area contributed by atoms with Gasteiger partial charge >= 0.3 is 10.2 Å². The fourth-order valence-electron chi connectivity index (χ4n) is 4.27. The molecule has 0 bridgehead atoms. The van der Waals surface area contributed by atoms with Crippen LogP contribution in [0.15, 0.2) is 24.3 Å². The summed E-state index contributed by atoms with van der Waals surface area (Å²) in [7, 11) is -1.17. The Morgan fingerprint density at radius 1 is 1.03 bits per heavy atom. The summed E-state index contributed by atoms with van der Waals surface area (Å²) in [6.45, 7) is 0.860. The highest BCUT2D eigenvalue weighted by Gasteiger charge is 2.38. The Morgan fingerprint density at radius 2 is 1.69 bits per heavy atom. The number of amides is 2. The fourth-order valence-corrected chi connectivity index (χ4v) is 4.81. The van der Waals surface area contributed by atoms with Crippen LogP contribution >= 0.6 is 0 Å². The van der Waals surface area contributed by atoms with Crippen molar-refractivity contribution in [2.75, 3.05) is 26.0 Å². The van der Waals surface area contributed by atoms with Crippen molar-refractivity contribution in [1.82, 2.24) is 14.3 Å². The molecule has 1 saturated heterocycles. The fraction of sp³-hybridized carbons (Fsp3) is 0.600. The minimum absolute atomic E-state index is 0.0505. The molecular weight excluding hydrogens is 392 g/mol. The van der Waals surface area contributed by atoms with Crippen molar-refractivity contribution in [3.05, 3.63) is 29.8 Å². The van der Waals surface area contributed by atoms with Crippen molar-refractivity contribution in [2.24, 2.45) is 11.8 Å². The van der Waals surface area contributed by atoms with Gasteiger partial charge in [0.15, 0.2) is 0 Å². The molecule has 1 aromatic rings. The smallest absolute Gasteiger partial charge is 0.303 e. The van der Waals surface area contributed by atoms with E-state index in [0.29, 0.717) is 17.5 Å². The molecule has 1 saturated carbocycles. The first-order valence-electron chi connectivity index (χ1n) is 10.2. The molecule has 2 atom stereocenters. The van der Waals surface area contributed by atoms with Crippen molar-refractivity contribution < 1.29 is 18.0 Å². The van der Waals surface area contributed by atoms with Crippen LogP contribution in [0.1, 0.15) is 48.9 Å². The van der Waals surface area contributed by atoms with Crippen molar-refractivity contribution in [1.29, 1.82) is 0 Å². The number of nitrogens with one attached hydrogen (secondary N) is 3. The van der Waals surface area contributed by atoms with E-state index in [-0.39, 0.29) is 17.5 Å². The minimum Gasteiger partial charge on any atom is -0.325 e. The van der Waals surface area contributed by atoms with Gasteiger partial charge in [-0.1, -0.05) is 32.1 Å². The van der Waals surface area contributed by atoms with E-state index >= 15 is 0 Å². The molecule has 2 fully saturated rings. The van der Waals surface area contributed by atoms with Gasteiger partial charge < -0.3 is 10.6 Å². The third-order valence-electron chi connectivity index (χ3n) is 5.92. The monoisotopic (exact) mass is 422 g/mol. The molecule has 9 heteroatoms. The number of rotatable bonds is 6. The van der Waals surface area contributed by atoms with Crippen LogP contribution in [0.3, 0.4) is 0 Å². The van der Waals surface area contributed by atoms with Gasteiger partial charge in [0.25, 0.3) is 5.91 Å². The highest BCUT2D eigenvalue weighted by atomic mass is 32.2. The van der Waals surface area contributed by atoms with E-state index < -0.39 is 16.1 Å². The quantitative estimate of drug-likeness (QED) is 0.647. The van der Waals surface area contributed by atoms with Crippen LogP contribution in [0.2, 0.25) is 0 Å². The zero-order chi connectivity index (χ0) is 21.0. The molecule has 3 rings (SSSR count). The Hall–Kier alpha value is -1.97. The van der Waals surface area contributed by atoms with Crippen molar-refractivity contribution >= 4 is 27.7 Å².